The molecule has 106 valence electrons. The third-order valence-electron chi connectivity index (χ3n) is 4.44. The molecule has 0 saturated carbocycles. The van der Waals surface area contributed by atoms with Gasteiger partial charge in [0.1, 0.15) is 0 Å². The molecule has 0 aliphatic carbocycles. The van der Waals surface area contributed by atoms with Crippen LogP contribution >= 0.6 is 0 Å². The van der Waals surface area contributed by atoms with Gasteiger partial charge in [-0.3, -0.25) is 0 Å². The summed E-state index contributed by atoms with van der Waals surface area (Å²) in [4.78, 5) is 2.52. The van der Waals surface area contributed by atoms with E-state index in [9.17, 15) is 5.11 Å². The van der Waals surface area contributed by atoms with Crippen LogP contribution < -0.4 is 5.32 Å². The van der Waals surface area contributed by atoms with E-state index in [4.69, 9.17) is 4.74 Å². The first-order chi connectivity index (χ1) is 8.65. The van der Waals surface area contributed by atoms with Gasteiger partial charge < -0.3 is 20.1 Å². The van der Waals surface area contributed by atoms with Crippen molar-refractivity contribution >= 4 is 0 Å². The molecule has 0 radical (unpaired) electrons. The average molecular weight is 256 g/mol. The third-order valence-corrected chi connectivity index (χ3v) is 4.44. The van der Waals surface area contributed by atoms with Gasteiger partial charge in [0.05, 0.1) is 12.7 Å². The zero-order valence-corrected chi connectivity index (χ0v) is 11.8. The second-order valence-corrected chi connectivity index (χ2v) is 6.15. The summed E-state index contributed by atoms with van der Waals surface area (Å²) >= 11 is 0. The summed E-state index contributed by atoms with van der Waals surface area (Å²) in [5.41, 5.74) is 0.290. The van der Waals surface area contributed by atoms with Crippen LogP contribution in [0.2, 0.25) is 0 Å². The van der Waals surface area contributed by atoms with Gasteiger partial charge >= 0.3 is 0 Å². The van der Waals surface area contributed by atoms with Crippen LogP contribution in [-0.2, 0) is 4.74 Å². The van der Waals surface area contributed by atoms with E-state index in [0.29, 0.717) is 5.92 Å². The molecule has 2 saturated heterocycles. The molecule has 2 aliphatic rings. The molecule has 2 N–H and O–H groups in total. The molecule has 4 nitrogen and oxygen atoms in total. The highest BCUT2D eigenvalue weighted by Gasteiger charge is 2.37. The second-order valence-electron chi connectivity index (χ2n) is 6.15. The van der Waals surface area contributed by atoms with Crippen LogP contribution in [0.15, 0.2) is 0 Å². The number of hydrogen-bond donors (Lipinski definition) is 2. The van der Waals surface area contributed by atoms with Crippen LogP contribution in [0.25, 0.3) is 0 Å². The maximum Gasteiger partial charge on any atom is 0.0590 e. The molecule has 2 heterocycles. The first kappa shape index (κ1) is 14.3. The Hall–Kier alpha value is -0.160. The standard InChI is InChI=1S/C14H28N2O2/c1-3-15-9-14(5-7-18-11-14)10-16-6-4-13(17)12(2)8-16/h12-13,15,17H,3-11H2,1-2H3. The lowest BCUT2D eigenvalue weighted by atomic mass is 9.85. The maximum atomic E-state index is 9.80. The summed E-state index contributed by atoms with van der Waals surface area (Å²) < 4.78 is 5.63. The molecule has 4 heteroatoms. The normalized spacial score (nSPS) is 38.2. The monoisotopic (exact) mass is 256 g/mol. The van der Waals surface area contributed by atoms with Crippen molar-refractivity contribution in [2.24, 2.45) is 11.3 Å². The van der Waals surface area contributed by atoms with Crippen molar-refractivity contribution in [3.05, 3.63) is 0 Å². The van der Waals surface area contributed by atoms with Crippen molar-refractivity contribution in [3.8, 4) is 0 Å². The fraction of sp³-hybridized carbons (Fsp3) is 1.00. The van der Waals surface area contributed by atoms with Crippen LogP contribution in [0, 0.1) is 11.3 Å². The fourth-order valence-electron chi connectivity index (χ4n) is 3.20. The number of ether oxygens (including phenoxy) is 1. The lowest BCUT2D eigenvalue weighted by Gasteiger charge is -2.40. The number of hydrogen-bond acceptors (Lipinski definition) is 4. The van der Waals surface area contributed by atoms with E-state index < -0.39 is 0 Å². The number of nitrogens with one attached hydrogen (secondary N) is 1. The zero-order valence-electron chi connectivity index (χ0n) is 11.8. The highest BCUT2D eigenvalue weighted by atomic mass is 16.5. The first-order valence-corrected chi connectivity index (χ1v) is 7.34. The summed E-state index contributed by atoms with van der Waals surface area (Å²) in [5.74, 6) is 0.400. The van der Waals surface area contributed by atoms with Crippen molar-refractivity contribution in [1.29, 1.82) is 0 Å². The molecule has 0 spiro atoms. The van der Waals surface area contributed by atoms with E-state index >= 15 is 0 Å². The average Bonchev–Trinajstić information content (AvgIpc) is 2.80. The zero-order chi connectivity index (χ0) is 13.0. The predicted molar refractivity (Wildman–Crippen MR) is 72.6 cm³/mol. The molecule has 3 unspecified atom stereocenters. The molecule has 0 aromatic carbocycles. The molecule has 18 heavy (non-hydrogen) atoms. The summed E-state index contributed by atoms with van der Waals surface area (Å²) in [6.07, 6.45) is 1.97. The molecule has 2 rings (SSSR count). The highest BCUT2D eigenvalue weighted by molar-refractivity contribution is 4.90. The van der Waals surface area contributed by atoms with Crippen molar-refractivity contribution in [2.45, 2.75) is 32.8 Å². The predicted octanol–water partition coefficient (Wildman–Crippen LogP) is 0.705. The Morgan fingerprint density at radius 2 is 2.33 bits per heavy atom. The van der Waals surface area contributed by atoms with Crippen molar-refractivity contribution < 1.29 is 9.84 Å². The van der Waals surface area contributed by atoms with E-state index in [1.807, 2.05) is 0 Å². The largest absolute Gasteiger partial charge is 0.393 e. The Morgan fingerprint density at radius 3 is 2.94 bits per heavy atom. The second kappa shape index (κ2) is 6.33. The van der Waals surface area contributed by atoms with E-state index in [2.05, 4.69) is 24.1 Å². The Labute approximate surface area is 111 Å². The summed E-state index contributed by atoms with van der Waals surface area (Å²) in [5, 5.41) is 13.3. The smallest absolute Gasteiger partial charge is 0.0590 e. The number of aliphatic hydroxyl groups is 1. The van der Waals surface area contributed by atoms with Gasteiger partial charge in [0, 0.05) is 38.2 Å². The minimum absolute atomic E-state index is 0.106. The minimum atomic E-state index is -0.106. The number of nitrogens with zero attached hydrogens (tertiary/aromatic N) is 1. The van der Waals surface area contributed by atoms with Gasteiger partial charge in [-0.2, -0.15) is 0 Å². The Bertz CT molecular complexity index is 254. The van der Waals surface area contributed by atoms with E-state index in [1.54, 1.807) is 0 Å². The number of aliphatic hydroxyl groups excluding tert-OH is 1. The molecule has 3 atom stereocenters. The van der Waals surface area contributed by atoms with Crippen LogP contribution in [0.4, 0.5) is 0 Å². The molecule has 0 aromatic rings. The van der Waals surface area contributed by atoms with Gasteiger partial charge in [-0.1, -0.05) is 13.8 Å². The van der Waals surface area contributed by atoms with Gasteiger partial charge in [-0.05, 0) is 25.3 Å². The van der Waals surface area contributed by atoms with Gasteiger partial charge in [-0.25, -0.2) is 0 Å². The van der Waals surface area contributed by atoms with Crippen molar-refractivity contribution in [1.82, 2.24) is 10.2 Å². The number of piperidine rings is 1. The van der Waals surface area contributed by atoms with Crippen LogP contribution in [0.1, 0.15) is 26.7 Å². The Kier molecular flexibility index (Phi) is 5.01. The lowest BCUT2D eigenvalue weighted by Crippen LogP contribution is -2.50. The molecular weight excluding hydrogens is 228 g/mol. The van der Waals surface area contributed by atoms with Gasteiger partial charge in [0.2, 0.25) is 0 Å². The molecular formula is C14H28N2O2. The number of rotatable bonds is 5. The molecule has 2 aliphatic heterocycles. The van der Waals surface area contributed by atoms with Gasteiger partial charge in [0.15, 0.2) is 0 Å². The fourth-order valence-corrected chi connectivity index (χ4v) is 3.20. The van der Waals surface area contributed by atoms with E-state index in [1.165, 1.54) is 0 Å². The SMILES string of the molecule is CCNCC1(CN2CCC(O)C(C)C2)CCOC1. The first-order valence-electron chi connectivity index (χ1n) is 7.34. The van der Waals surface area contributed by atoms with Crippen LogP contribution in [-0.4, -0.2) is 62.0 Å². The van der Waals surface area contributed by atoms with Crippen LogP contribution in [0.5, 0.6) is 0 Å². The summed E-state index contributed by atoms with van der Waals surface area (Å²) in [6.45, 7) is 11.3. The topological polar surface area (TPSA) is 44.7 Å². The molecule has 2 fully saturated rings. The Balaban J connectivity index is 1.88. The van der Waals surface area contributed by atoms with Crippen molar-refractivity contribution in [2.75, 3.05) is 45.9 Å². The van der Waals surface area contributed by atoms with Gasteiger partial charge in [0.25, 0.3) is 0 Å². The molecule has 0 aromatic heterocycles. The van der Waals surface area contributed by atoms with Crippen molar-refractivity contribution in [3.63, 3.8) is 0 Å². The third kappa shape index (κ3) is 3.44. The summed E-state index contributed by atoms with van der Waals surface area (Å²) in [6, 6.07) is 0. The molecule has 0 amide bonds. The minimum Gasteiger partial charge on any atom is -0.393 e. The van der Waals surface area contributed by atoms with E-state index in [0.717, 1.165) is 58.8 Å². The lowest BCUT2D eigenvalue weighted by molar-refractivity contribution is 0.0138. The molecule has 0 bridgehead atoms. The van der Waals surface area contributed by atoms with Gasteiger partial charge in [-0.15, -0.1) is 0 Å². The maximum absolute atomic E-state index is 9.80. The highest BCUT2D eigenvalue weighted by Crippen LogP contribution is 2.30. The van der Waals surface area contributed by atoms with Crippen LogP contribution in [0.3, 0.4) is 0 Å². The number of likely N-dealkylation sites (tertiary alicyclic amines) is 1. The van der Waals surface area contributed by atoms with E-state index in [-0.39, 0.29) is 11.5 Å². The summed E-state index contributed by atoms with van der Waals surface area (Å²) in [7, 11) is 0. The quantitative estimate of drug-likeness (QED) is 0.760. The Morgan fingerprint density at radius 1 is 1.50 bits per heavy atom.